The van der Waals surface area contributed by atoms with Gasteiger partial charge in [0.1, 0.15) is 12.0 Å². The molecular formula is C33H42N4. The highest BCUT2D eigenvalue weighted by Crippen LogP contribution is 2.42. The average Bonchev–Trinajstić information content (AvgIpc) is 3.21. The van der Waals surface area contributed by atoms with Gasteiger partial charge in [-0.3, -0.25) is 9.89 Å². The predicted octanol–water partition coefficient (Wildman–Crippen LogP) is 8.33. The highest BCUT2D eigenvalue weighted by Gasteiger charge is 2.29. The van der Waals surface area contributed by atoms with E-state index in [1.807, 2.05) is 7.05 Å². The van der Waals surface area contributed by atoms with Crippen LogP contribution in [0.1, 0.15) is 74.3 Å². The molecule has 0 aromatic heterocycles. The predicted molar refractivity (Wildman–Crippen MR) is 160 cm³/mol. The molecule has 0 aliphatic carbocycles. The maximum absolute atomic E-state index is 5.01. The first-order valence-corrected chi connectivity index (χ1v) is 13.4. The van der Waals surface area contributed by atoms with Crippen LogP contribution < -0.4 is 9.80 Å². The summed E-state index contributed by atoms with van der Waals surface area (Å²) in [6.45, 7) is 15.8. The first-order valence-electron chi connectivity index (χ1n) is 13.4. The molecular weight excluding hydrogens is 452 g/mol. The molecule has 0 fully saturated rings. The van der Waals surface area contributed by atoms with Crippen LogP contribution in [0.2, 0.25) is 0 Å². The minimum absolute atomic E-state index is 0.262. The van der Waals surface area contributed by atoms with Crippen molar-refractivity contribution < 1.29 is 0 Å². The lowest BCUT2D eigenvalue weighted by Crippen LogP contribution is -2.34. The van der Waals surface area contributed by atoms with Crippen LogP contribution in [0.15, 0.2) is 78.1 Å². The number of nitrogens with zero attached hydrogens (tertiary/aromatic N) is 4. The standard InChI is InChI=1S/C33H42N4/c1-22(2)27-15-12-16-28(23(3)4)32(27)37(30-18-11-10-14-24(30)5)33(34-8)29-17-13-19-31(25(29)6)36-21-20-35(9)26(36)7/h10-23,26H,1-9H3/b34-33+/t26-/m0/s1. The number of aryl methyl sites for hydroxylation is 1. The van der Waals surface area contributed by atoms with E-state index < -0.39 is 0 Å². The second-order valence-electron chi connectivity index (χ2n) is 10.7. The Balaban J connectivity index is 2.00. The van der Waals surface area contributed by atoms with Gasteiger partial charge >= 0.3 is 0 Å². The molecule has 0 unspecified atom stereocenters. The van der Waals surface area contributed by atoms with Crippen molar-refractivity contribution in [2.75, 3.05) is 23.9 Å². The fourth-order valence-electron chi connectivity index (χ4n) is 5.31. The molecule has 0 saturated carbocycles. The van der Waals surface area contributed by atoms with Gasteiger partial charge in [0.2, 0.25) is 0 Å². The summed E-state index contributed by atoms with van der Waals surface area (Å²) in [5.74, 6) is 1.71. The van der Waals surface area contributed by atoms with Crippen molar-refractivity contribution in [2.24, 2.45) is 4.99 Å². The monoisotopic (exact) mass is 494 g/mol. The molecule has 1 atom stereocenters. The molecule has 4 heteroatoms. The maximum atomic E-state index is 5.01. The van der Waals surface area contributed by atoms with Crippen molar-refractivity contribution in [3.8, 4) is 0 Å². The van der Waals surface area contributed by atoms with E-state index in [1.54, 1.807) is 0 Å². The van der Waals surface area contributed by atoms with Crippen LogP contribution >= 0.6 is 0 Å². The van der Waals surface area contributed by atoms with E-state index in [0.717, 1.165) is 17.1 Å². The van der Waals surface area contributed by atoms with Gasteiger partial charge in [0.25, 0.3) is 0 Å². The van der Waals surface area contributed by atoms with Crippen LogP contribution in [0.25, 0.3) is 0 Å². The van der Waals surface area contributed by atoms with E-state index >= 15 is 0 Å². The molecule has 37 heavy (non-hydrogen) atoms. The van der Waals surface area contributed by atoms with E-state index in [9.17, 15) is 0 Å². The second kappa shape index (κ2) is 10.8. The molecule has 1 aliphatic rings. The van der Waals surface area contributed by atoms with Crippen LogP contribution in [-0.2, 0) is 0 Å². The zero-order valence-corrected chi connectivity index (χ0v) is 23.9. The summed E-state index contributed by atoms with van der Waals surface area (Å²) < 4.78 is 0. The highest BCUT2D eigenvalue weighted by atomic mass is 15.4. The lowest BCUT2D eigenvalue weighted by Gasteiger charge is -2.35. The third-order valence-electron chi connectivity index (χ3n) is 7.62. The number of hydrogen-bond donors (Lipinski definition) is 0. The molecule has 0 spiro atoms. The summed E-state index contributed by atoms with van der Waals surface area (Å²) in [4.78, 5) is 12.0. The summed E-state index contributed by atoms with van der Waals surface area (Å²) in [6, 6.07) is 22.0. The number of aliphatic imine (C=N–C) groups is 1. The third kappa shape index (κ3) is 4.90. The van der Waals surface area contributed by atoms with Crippen LogP contribution in [0.5, 0.6) is 0 Å². The molecule has 0 bridgehead atoms. The quantitative estimate of drug-likeness (QED) is 0.254. The Morgan fingerprint density at radius 2 is 1.46 bits per heavy atom. The first kappa shape index (κ1) is 26.5. The minimum Gasteiger partial charge on any atom is -0.359 e. The molecule has 0 N–H and O–H groups in total. The lowest BCUT2D eigenvalue weighted by molar-refractivity contribution is 0.383. The molecule has 3 aromatic rings. The van der Waals surface area contributed by atoms with Crippen molar-refractivity contribution in [2.45, 2.75) is 66.5 Å². The van der Waals surface area contributed by atoms with Crippen molar-refractivity contribution in [1.29, 1.82) is 0 Å². The van der Waals surface area contributed by atoms with E-state index in [4.69, 9.17) is 4.99 Å². The summed E-state index contributed by atoms with van der Waals surface area (Å²) in [7, 11) is 4.04. The number of rotatable bonds is 6. The fourth-order valence-corrected chi connectivity index (χ4v) is 5.31. The Kier molecular flexibility index (Phi) is 7.77. The molecule has 3 aromatic carbocycles. The van der Waals surface area contributed by atoms with E-state index in [-0.39, 0.29) is 6.17 Å². The van der Waals surface area contributed by atoms with Gasteiger partial charge in [-0.2, -0.15) is 0 Å². The van der Waals surface area contributed by atoms with Crippen molar-refractivity contribution in [3.63, 3.8) is 0 Å². The van der Waals surface area contributed by atoms with Crippen molar-refractivity contribution in [3.05, 3.63) is 101 Å². The van der Waals surface area contributed by atoms with Gasteiger partial charge in [-0.05, 0) is 67.0 Å². The number of anilines is 3. The minimum atomic E-state index is 0.262. The van der Waals surface area contributed by atoms with Crippen LogP contribution in [0.3, 0.4) is 0 Å². The van der Waals surface area contributed by atoms with Crippen molar-refractivity contribution >= 4 is 22.9 Å². The van der Waals surface area contributed by atoms with Gasteiger partial charge in [-0.1, -0.05) is 76.2 Å². The molecule has 4 rings (SSSR count). The smallest absolute Gasteiger partial charge is 0.140 e. The topological polar surface area (TPSA) is 22.1 Å². The fraction of sp³-hybridized carbons (Fsp3) is 0.364. The third-order valence-corrected chi connectivity index (χ3v) is 7.62. The number of benzene rings is 3. The largest absolute Gasteiger partial charge is 0.359 e. The molecule has 0 amide bonds. The van der Waals surface area contributed by atoms with Crippen LogP contribution in [0, 0.1) is 13.8 Å². The summed E-state index contributed by atoms with van der Waals surface area (Å²) in [5.41, 5.74) is 9.89. The zero-order chi connectivity index (χ0) is 26.9. The Bertz CT molecular complexity index is 1290. The Morgan fingerprint density at radius 1 is 0.838 bits per heavy atom. The molecule has 1 heterocycles. The van der Waals surface area contributed by atoms with Gasteiger partial charge in [0.05, 0.1) is 11.4 Å². The average molecular weight is 495 g/mol. The van der Waals surface area contributed by atoms with Gasteiger partial charge in [-0.15, -0.1) is 0 Å². The molecule has 194 valence electrons. The van der Waals surface area contributed by atoms with E-state index in [2.05, 4.69) is 143 Å². The molecule has 0 radical (unpaired) electrons. The van der Waals surface area contributed by atoms with Gasteiger partial charge in [-0.25, -0.2) is 0 Å². The summed E-state index contributed by atoms with van der Waals surface area (Å²) in [5, 5.41) is 0. The Hall–Kier alpha value is -3.53. The summed E-state index contributed by atoms with van der Waals surface area (Å²) >= 11 is 0. The molecule has 1 aliphatic heterocycles. The highest BCUT2D eigenvalue weighted by molar-refractivity contribution is 6.16. The van der Waals surface area contributed by atoms with Gasteiger partial charge in [0.15, 0.2) is 0 Å². The normalized spacial score (nSPS) is 15.9. The van der Waals surface area contributed by atoms with E-state index in [0.29, 0.717) is 11.8 Å². The Morgan fingerprint density at radius 3 is 2.00 bits per heavy atom. The second-order valence-corrected chi connectivity index (χ2v) is 10.7. The Labute approximate surface area is 223 Å². The van der Waals surface area contributed by atoms with Gasteiger partial charge < -0.3 is 9.80 Å². The first-order chi connectivity index (χ1) is 17.7. The van der Waals surface area contributed by atoms with Crippen molar-refractivity contribution in [1.82, 2.24) is 4.90 Å². The molecule has 4 nitrogen and oxygen atoms in total. The SMILES string of the molecule is C/N=C(\c1cccc(N2C=CN(C)[C@@H]2C)c1C)N(c1ccccc1C)c1c(C(C)C)cccc1C(C)C. The van der Waals surface area contributed by atoms with Crippen LogP contribution in [-0.4, -0.2) is 31.0 Å². The van der Waals surface area contributed by atoms with Gasteiger partial charge in [0, 0.05) is 37.7 Å². The van der Waals surface area contributed by atoms with E-state index in [1.165, 1.54) is 33.6 Å². The number of hydrogen-bond acceptors (Lipinski definition) is 3. The summed E-state index contributed by atoms with van der Waals surface area (Å²) in [6.07, 6.45) is 4.57. The maximum Gasteiger partial charge on any atom is 0.140 e. The van der Waals surface area contributed by atoms with Crippen LogP contribution in [0.4, 0.5) is 17.1 Å². The lowest BCUT2D eigenvalue weighted by atomic mass is 9.90. The molecule has 0 saturated heterocycles. The zero-order valence-electron chi connectivity index (χ0n) is 23.9. The number of amidine groups is 1. The number of para-hydroxylation sites is 2.